The first-order valence-electron chi connectivity index (χ1n) is 9.55. The Labute approximate surface area is 167 Å². The summed E-state index contributed by atoms with van der Waals surface area (Å²) in [6.07, 6.45) is 4.61. The van der Waals surface area contributed by atoms with E-state index in [9.17, 15) is 13.2 Å². The lowest BCUT2D eigenvalue weighted by Gasteiger charge is -2.42. The summed E-state index contributed by atoms with van der Waals surface area (Å²) in [6, 6.07) is 9.73. The van der Waals surface area contributed by atoms with E-state index in [1.807, 2.05) is 43.6 Å². The Kier molecular flexibility index (Phi) is 5.90. The van der Waals surface area contributed by atoms with Crippen molar-refractivity contribution < 1.29 is 13.2 Å². The van der Waals surface area contributed by atoms with Crippen molar-refractivity contribution in [3.63, 3.8) is 0 Å². The van der Waals surface area contributed by atoms with Gasteiger partial charge in [0, 0.05) is 45.5 Å². The quantitative estimate of drug-likeness (QED) is 0.735. The number of amides is 1. The number of piperidine rings is 1. The third kappa shape index (κ3) is 3.98. The molecule has 0 N–H and O–H groups in total. The molecule has 0 radical (unpaired) electrons. The van der Waals surface area contributed by atoms with Gasteiger partial charge in [-0.25, -0.2) is 12.7 Å². The van der Waals surface area contributed by atoms with Crippen molar-refractivity contribution in [1.82, 2.24) is 19.0 Å². The largest absolute Gasteiger partial charge is 0.341 e. The van der Waals surface area contributed by atoms with Gasteiger partial charge < -0.3 is 4.90 Å². The van der Waals surface area contributed by atoms with Gasteiger partial charge in [0.25, 0.3) is 0 Å². The van der Waals surface area contributed by atoms with Crippen LogP contribution in [0.3, 0.4) is 0 Å². The van der Waals surface area contributed by atoms with E-state index in [0.29, 0.717) is 32.5 Å². The van der Waals surface area contributed by atoms with Crippen LogP contribution in [0.4, 0.5) is 0 Å². The summed E-state index contributed by atoms with van der Waals surface area (Å²) in [5, 5.41) is 4.17. The van der Waals surface area contributed by atoms with Gasteiger partial charge in [-0.2, -0.15) is 5.10 Å². The van der Waals surface area contributed by atoms with Crippen LogP contribution in [0.25, 0.3) is 0 Å². The minimum Gasteiger partial charge on any atom is -0.341 e. The molecule has 1 aromatic heterocycles. The molecule has 0 unspecified atom stereocenters. The van der Waals surface area contributed by atoms with E-state index < -0.39 is 15.4 Å². The molecule has 8 heteroatoms. The van der Waals surface area contributed by atoms with Gasteiger partial charge in [-0.3, -0.25) is 9.48 Å². The standard InChI is InChI=1S/C20H28N4O3S/c1-4-28(26,27)24-12-10-20(11-13-24,18-8-6-5-7-9-18)19(25)22(2)15-17-14-21-23(3)16-17/h5-9,14,16H,4,10-13,15H2,1-3H3. The zero-order valence-corrected chi connectivity index (χ0v) is 17.5. The normalized spacial score (nSPS) is 17.4. The fourth-order valence-electron chi connectivity index (χ4n) is 3.98. The highest BCUT2D eigenvalue weighted by Crippen LogP contribution is 2.38. The number of rotatable bonds is 6. The first kappa shape index (κ1) is 20.5. The van der Waals surface area contributed by atoms with Crippen molar-refractivity contribution in [1.29, 1.82) is 0 Å². The fraction of sp³-hybridized carbons (Fsp3) is 0.500. The highest BCUT2D eigenvalue weighted by molar-refractivity contribution is 7.89. The van der Waals surface area contributed by atoms with E-state index in [-0.39, 0.29) is 11.7 Å². The first-order chi connectivity index (χ1) is 13.3. The van der Waals surface area contributed by atoms with Crippen LogP contribution in [-0.2, 0) is 33.8 Å². The van der Waals surface area contributed by atoms with Gasteiger partial charge in [0.1, 0.15) is 0 Å². The van der Waals surface area contributed by atoms with Crippen molar-refractivity contribution in [2.45, 2.75) is 31.7 Å². The van der Waals surface area contributed by atoms with Gasteiger partial charge in [-0.1, -0.05) is 30.3 Å². The summed E-state index contributed by atoms with van der Waals surface area (Å²) in [7, 11) is 0.401. The summed E-state index contributed by atoms with van der Waals surface area (Å²) in [6.45, 7) is 2.84. The van der Waals surface area contributed by atoms with Gasteiger partial charge >= 0.3 is 0 Å². The summed E-state index contributed by atoms with van der Waals surface area (Å²) < 4.78 is 27.8. The van der Waals surface area contributed by atoms with Crippen LogP contribution in [0.1, 0.15) is 30.9 Å². The van der Waals surface area contributed by atoms with Gasteiger partial charge in [0.2, 0.25) is 15.9 Å². The third-order valence-corrected chi connectivity index (χ3v) is 7.48. The van der Waals surface area contributed by atoms with Crippen LogP contribution in [-0.4, -0.2) is 59.2 Å². The lowest BCUT2D eigenvalue weighted by molar-refractivity contribution is -0.138. The molecule has 7 nitrogen and oxygen atoms in total. The minimum atomic E-state index is -3.25. The predicted molar refractivity (Wildman–Crippen MR) is 108 cm³/mol. The number of aromatic nitrogens is 2. The molecule has 0 bridgehead atoms. The first-order valence-corrected chi connectivity index (χ1v) is 11.2. The molecule has 28 heavy (non-hydrogen) atoms. The SMILES string of the molecule is CCS(=O)(=O)N1CCC(C(=O)N(C)Cc2cnn(C)c2)(c2ccccc2)CC1. The molecule has 2 aromatic rings. The number of likely N-dealkylation sites (N-methyl/N-ethyl adjacent to an activating group) is 1. The zero-order chi connectivity index (χ0) is 20.4. The van der Waals surface area contributed by atoms with Crippen molar-refractivity contribution >= 4 is 15.9 Å². The van der Waals surface area contributed by atoms with Gasteiger partial charge in [0.05, 0.1) is 17.4 Å². The van der Waals surface area contributed by atoms with Crippen molar-refractivity contribution in [2.24, 2.45) is 7.05 Å². The van der Waals surface area contributed by atoms with Crippen LogP contribution in [0.5, 0.6) is 0 Å². The molecule has 1 saturated heterocycles. The molecule has 0 spiro atoms. The Morgan fingerprint density at radius 2 is 1.86 bits per heavy atom. The molecule has 2 heterocycles. The zero-order valence-electron chi connectivity index (χ0n) is 16.7. The number of carbonyl (C=O) groups is 1. The molecular weight excluding hydrogens is 376 g/mol. The predicted octanol–water partition coefficient (Wildman–Crippen LogP) is 1.76. The van der Waals surface area contributed by atoms with Crippen LogP contribution >= 0.6 is 0 Å². The fourth-order valence-corrected chi connectivity index (χ4v) is 5.08. The molecule has 0 aliphatic carbocycles. The average Bonchev–Trinajstić information content (AvgIpc) is 3.12. The molecular formula is C20H28N4O3S. The molecule has 1 aliphatic rings. The number of carbonyl (C=O) groups excluding carboxylic acids is 1. The summed E-state index contributed by atoms with van der Waals surface area (Å²) in [4.78, 5) is 15.3. The molecule has 0 saturated carbocycles. The Hall–Kier alpha value is -2.19. The molecule has 0 atom stereocenters. The van der Waals surface area contributed by atoms with Gasteiger partial charge in [0.15, 0.2) is 0 Å². The van der Waals surface area contributed by atoms with Crippen molar-refractivity contribution in [3.05, 3.63) is 53.9 Å². The van der Waals surface area contributed by atoms with Crippen LogP contribution < -0.4 is 0 Å². The highest BCUT2D eigenvalue weighted by atomic mass is 32.2. The molecule has 1 fully saturated rings. The van der Waals surface area contributed by atoms with E-state index in [2.05, 4.69) is 5.10 Å². The van der Waals surface area contributed by atoms with E-state index in [1.54, 1.807) is 29.7 Å². The van der Waals surface area contributed by atoms with Crippen molar-refractivity contribution in [2.75, 3.05) is 25.9 Å². The van der Waals surface area contributed by atoms with E-state index in [1.165, 1.54) is 4.31 Å². The number of aryl methyl sites for hydroxylation is 1. The Bertz CT molecular complexity index is 916. The molecule has 1 amide bonds. The molecule has 3 rings (SSSR count). The lowest BCUT2D eigenvalue weighted by atomic mass is 9.72. The van der Waals surface area contributed by atoms with Crippen LogP contribution in [0.2, 0.25) is 0 Å². The second-order valence-corrected chi connectivity index (χ2v) is 9.69. The van der Waals surface area contributed by atoms with Gasteiger partial charge in [-0.05, 0) is 25.3 Å². The smallest absolute Gasteiger partial charge is 0.233 e. The van der Waals surface area contributed by atoms with E-state index in [0.717, 1.165) is 11.1 Å². The molecule has 1 aliphatic heterocycles. The maximum Gasteiger partial charge on any atom is 0.233 e. The molecule has 1 aromatic carbocycles. The van der Waals surface area contributed by atoms with Crippen LogP contribution in [0, 0.1) is 0 Å². The maximum atomic E-state index is 13.6. The number of sulfonamides is 1. The van der Waals surface area contributed by atoms with Crippen LogP contribution in [0.15, 0.2) is 42.7 Å². The summed E-state index contributed by atoms with van der Waals surface area (Å²) in [5.74, 6) is 0.108. The third-order valence-electron chi connectivity index (χ3n) is 5.59. The number of nitrogens with zero attached hydrogens (tertiary/aromatic N) is 4. The Balaban J connectivity index is 1.87. The topological polar surface area (TPSA) is 75.5 Å². The molecule has 152 valence electrons. The maximum absolute atomic E-state index is 13.6. The second-order valence-electron chi connectivity index (χ2n) is 7.43. The number of hydrogen-bond acceptors (Lipinski definition) is 4. The number of benzene rings is 1. The van der Waals surface area contributed by atoms with E-state index in [4.69, 9.17) is 0 Å². The van der Waals surface area contributed by atoms with Gasteiger partial charge in [-0.15, -0.1) is 0 Å². The lowest BCUT2D eigenvalue weighted by Crippen LogP contribution is -2.53. The summed E-state index contributed by atoms with van der Waals surface area (Å²) >= 11 is 0. The average molecular weight is 405 g/mol. The number of hydrogen-bond donors (Lipinski definition) is 0. The summed E-state index contributed by atoms with van der Waals surface area (Å²) in [5.41, 5.74) is 1.21. The minimum absolute atomic E-state index is 0.0242. The second kappa shape index (κ2) is 8.05. The Morgan fingerprint density at radius 1 is 1.21 bits per heavy atom. The van der Waals surface area contributed by atoms with E-state index >= 15 is 0 Å². The van der Waals surface area contributed by atoms with Crippen molar-refractivity contribution in [3.8, 4) is 0 Å². The Morgan fingerprint density at radius 3 is 2.39 bits per heavy atom. The highest BCUT2D eigenvalue weighted by Gasteiger charge is 2.45. The monoisotopic (exact) mass is 404 g/mol.